The molecule has 0 heterocycles. The summed E-state index contributed by atoms with van der Waals surface area (Å²) >= 11 is 0. The van der Waals surface area contributed by atoms with Crippen molar-refractivity contribution in [2.24, 2.45) is 5.92 Å². The maximum Gasteiger partial charge on any atom is 0.220 e. The smallest absolute Gasteiger partial charge is 0.220 e. The SMILES string of the molecule is Cc1ccc(C)c(C(O)CNC(=O)CC(C)C)c1. The van der Waals surface area contributed by atoms with E-state index in [1.54, 1.807) is 0 Å². The Balaban J connectivity index is 2.57. The molecule has 0 saturated carbocycles. The van der Waals surface area contributed by atoms with Gasteiger partial charge in [0.15, 0.2) is 0 Å². The van der Waals surface area contributed by atoms with Crippen LogP contribution in [0.1, 0.15) is 43.1 Å². The lowest BCUT2D eigenvalue weighted by molar-refractivity contribution is -0.122. The molecule has 1 aromatic carbocycles. The van der Waals surface area contributed by atoms with Crippen molar-refractivity contribution < 1.29 is 9.90 Å². The zero-order valence-electron chi connectivity index (χ0n) is 11.7. The molecule has 0 saturated heterocycles. The fourth-order valence-electron chi connectivity index (χ4n) is 1.88. The summed E-state index contributed by atoms with van der Waals surface area (Å²) in [6.07, 6.45) is -0.138. The number of carbonyl (C=O) groups is 1. The first-order valence-electron chi connectivity index (χ1n) is 6.42. The number of carbonyl (C=O) groups excluding carboxylic acids is 1. The highest BCUT2D eigenvalue weighted by atomic mass is 16.3. The van der Waals surface area contributed by atoms with Gasteiger partial charge >= 0.3 is 0 Å². The van der Waals surface area contributed by atoms with Crippen molar-refractivity contribution in [2.45, 2.75) is 40.2 Å². The molecule has 2 N–H and O–H groups in total. The van der Waals surface area contributed by atoms with Crippen LogP contribution >= 0.6 is 0 Å². The third-order valence-electron chi connectivity index (χ3n) is 2.88. The van der Waals surface area contributed by atoms with Crippen LogP contribution in [0.4, 0.5) is 0 Å². The quantitative estimate of drug-likeness (QED) is 0.842. The van der Waals surface area contributed by atoms with Crippen LogP contribution in [0.5, 0.6) is 0 Å². The summed E-state index contributed by atoms with van der Waals surface area (Å²) in [5.74, 6) is 0.331. The van der Waals surface area contributed by atoms with Crippen molar-refractivity contribution in [1.82, 2.24) is 5.32 Å². The predicted octanol–water partition coefficient (Wildman–Crippen LogP) is 2.50. The largest absolute Gasteiger partial charge is 0.387 e. The molecular formula is C15H23NO2. The molecule has 1 atom stereocenters. The third kappa shape index (κ3) is 4.49. The molecule has 0 aromatic heterocycles. The highest BCUT2D eigenvalue weighted by Crippen LogP contribution is 2.18. The predicted molar refractivity (Wildman–Crippen MR) is 73.3 cm³/mol. The van der Waals surface area contributed by atoms with Crippen LogP contribution in [-0.4, -0.2) is 17.6 Å². The summed E-state index contributed by atoms with van der Waals surface area (Å²) in [4.78, 5) is 11.5. The van der Waals surface area contributed by atoms with Crippen LogP contribution in [0.25, 0.3) is 0 Å². The fraction of sp³-hybridized carbons (Fsp3) is 0.533. The Morgan fingerprint density at radius 1 is 1.33 bits per heavy atom. The standard InChI is InChI=1S/C15H23NO2/c1-10(2)7-15(18)16-9-14(17)13-8-11(3)5-6-12(13)4/h5-6,8,10,14,17H,7,9H2,1-4H3,(H,16,18). The number of amides is 1. The molecule has 0 aliphatic heterocycles. The Kier molecular flexibility index (Phi) is 5.35. The maximum absolute atomic E-state index is 11.5. The van der Waals surface area contributed by atoms with E-state index in [1.165, 1.54) is 0 Å². The van der Waals surface area contributed by atoms with Crippen molar-refractivity contribution in [3.8, 4) is 0 Å². The topological polar surface area (TPSA) is 49.3 Å². The molecule has 0 radical (unpaired) electrons. The van der Waals surface area contributed by atoms with Gasteiger partial charge in [-0.1, -0.05) is 37.6 Å². The number of aliphatic hydroxyl groups excluding tert-OH is 1. The summed E-state index contributed by atoms with van der Waals surface area (Å²) in [6.45, 7) is 8.23. The second-order valence-corrected chi connectivity index (χ2v) is 5.28. The van der Waals surface area contributed by atoms with Crippen LogP contribution in [0.3, 0.4) is 0 Å². The molecule has 100 valence electrons. The second-order valence-electron chi connectivity index (χ2n) is 5.28. The summed E-state index contributed by atoms with van der Waals surface area (Å²) < 4.78 is 0. The van der Waals surface area contributed by atoms with Gasteiger partial charge in [-0.25, -0.2) is 0 Å². The van der Waals surface area contributed by atoms with Gasteiger partial charge in [0, 0.05) is 13.0 Å². The Morgan fingerprint density at radius 2 is 2.00 bits per heavy atom. The summed E-state index contributed by atoms with van der Waals surface area (Å²) in [6, 6.07) is 5.97. The first kappa shape index (κ1) is 14.7. The van der Waals surface area contributed by atoms with Gasteiger partial charge in [-0.15, -0.1) is 0 Å². The monoisotopic (exact) mass is 249 g/mol. The molecule has 0 spiro atoms. The van der Waals surface area contributed by atoms with E-state index in [9.17, 15) is 9.90 Å². The zero-order valence-corrected chi connectivity index (χ0v) is 11.7. The Bertz CT molecular complexity index is 413. The van der Waals surface area contributed by atoms with Gasteiger partial charge in [0.05, 0.1) is 6.10 Å². The highest BCUT2D eigenvalue weighted by molar-refractivity contribution is 5.76. The van der Waals surface area contributed by atoms with E-state index in [-0.39, 0.29) is 12.5 Å². The first-order valence-corrected chi connectivity index (χ1v) is 6.42. The van der Waals surface area contributed by atoms with E-state index in [1.807, 2.05) is 45.9 Å². The number of nitrogens with one attached hydrogen (secondary N) is 1. The molecule has 0 bridgehead atoms. The summed E-state index contributed by atoms with van der Waals surface area (Å²) in [5, 5.41) is 12.9. The molecule has 1 rings (SSSR count). The Labute approximate surface area is 109 Å². The maximum atomic E-state index is 11.5. The van der Waals surface area contributed by atoms with Crippen LogP contribution in [0, 0.1) is 19.8 Å². The molecule has 3 heteroatoms. The average Bonchev–Trinajstić information content (AvgIpc) is 2.28. The normalized spacial score (nSPS) is 12.6. The van der Waals surface area contributed by atoms with Gasteiger partial charge in [-0.3, -0.25) is 4.79 Å². The van der Waals surface area contributed by atoms with Crippen molar-refractivity contribution in [3.05, 3.63) is 34.9 Å². The lowest BCUT2D eigenvalue weighted by atomic mass is 10.0. The lowest BCUT2D eigenvalue weighted by Gasteiger charge is -2.16. The minimum absolute atomic E-state index is 0.00523. The Morgan fingerprint density at radius 3 is 2.61 bits per heavy atom. The molecule has 3 nitrogen and oxygen atoms in total. The van der Waals surface area contributed by atoms with Crippen molar-refractivity contribution in [3.63, 3.8) is 0 Å². The van der Waals surface area contributed by atoms with E-state index >= 15 is 0 Å². The van der Waals surface area contributed by atoms with Crippen LogP contribution in [-0.2, 0) is 4.79 Å². The van der Waals surface area contributed by atoms with Gasteiger partial charge < -0.3 is 10.4 Å². The molecule has 1 amide bonds. The molecular weight excluding hydrogens is 226 g/mol. The highest BCUT2D eigenvalue weighted by Gasteiger charge is 2.12. The number of aryl methyl sites for hydroxylation is 2. The van der Waals surface area contributed by atoms with Gasteiger partial charge in [-0.2, -0.15) is 0 Å². The first-order chi connectivity index (χ1) is 8.40. The number of benzene rings is 1. The second kappa shape index (κ2) is 6.55. The molecule has 0 aliphatic rings. The van der Waals surface area contributed by atoms with Gasteiger partial charge in [-0.05, 0) is 30.9 Å². The van der Waals surface area contributed by atoms with Gasteiger partial charge in [0.2, 0.25) is 5.91 Å². The Hall–Kier alpha value is -1.35. The zero-order chi connectivity index (χ0) is 13.7. The molecule has 0 fully saturated rings. The molecule has 1 aromatic rings. The van der Waals surface area contributed by atoms with E-state index in [4.69, 9.17) is 0 Å². The van der Waals surface area contributed by atoms with Crippen molar-refractivity contribution in [1.29, 1.82) is 0 Å². The van der Waals surface area contributed by atoms with Crippen molar-refractivity contribution in [2.75, 3.05) is 6.54 Å². The van der Waals surface area contributed by atoms with Gasteiger partial charge in [0.25, 0.3) is 0 Å². The van der Waals surface area contributed by atoms with E-state index < -0.39 is 6.10 Å². The van der Waals surface area contributed by atoms with Crippen LogP contribution < -0.4 is 5.32 Å². The number of aliphatic hydroxyl groups is 1. The van der Waals surface area contributed by atoms with Crippen LogP contribution in [0.15, 0.2) is 18.2 Å². The minimum atomic E-state index is -0.638. The number of rotatable bonds is 5. The minimum Gasteiger partial charge on any atom is -0.387 e. The molecule has 0 aliphatic carbocycles. The lowest BCUT2D eigenvalue weighted by Crippen LogP contribution is -2.29. The summed E-state index contributed by atoms with van der Waals surface area (Å²) in [5.41, 5.74) is 3.05. The van der Waals surface area contributed by atoms with E-state index in [0.717, 1.165) is 16.7 Å². The van der Waals surface area contributed by atoms with E-state index in [0.29, 0.717) is 12.3 Å². The van der Waals surface area contributed by atoms with Gasteiger partial charge in [0.1, 0.15) is 0 Å². The molecule has 18 heavy (non-hydrogen) atoms. The number of hydrogen-bond donors (Lipinski definition) is 2. The third-order valence-corrected chi connectivity index (χ3v) is 2.88. The number of hydrogen-bond acceptors (Lipinski definition) is 2. The summed E-state index contributed by atoms with van der Waals surface area (Å²) in [7, 11) is 0. The van der Waals surface area contributed by atoms with Crippen molar-refractivity contribution >= 4 is 5.91 Å². The average molecular weight is 249 g/mol. The van der Waals surface area contributed by atoms with Crippen LogP contribution in [0.2, 0.25) is 0 Å². The van der Waals surface area contributed by atoms with E-state index in [2.05, 4.69) is 5.32 Å². The fourth-order valence-corrected chi connectivity index (χ4v) is 1.88. The molecule has 1 unspecified atom stereocenters.